The highest BCUT2D eigenvalue weighted by molar-refractivity contribution is 5.95. The van der Waals surface area contributed by atoms with E-state index < -0.39 is 0 Å². The van der Waals surface area contributed by atoms with Crippen molar-refractivity contribution in [3.63, 3.8) is 0 Å². The van der Waals surface area contributed by atoms with Gasteiger partial charge in [-0.15, -0.1) is 0 Å². The second-order valence-corrected chi connectivity index (χ2v) is 10.6. The number of amides is 2. The van der Waals surface area contributed by atoms with Crippen LogP contribution in [-0.2, 0) is 9.53 Å². The fraction of sp³-hybridized carbons (Fsp3) is 0.433. The van der Waals surface area contributed by atoms with Crippen LogP contribution in [0.3, 0.4) is 0 Å². The minimum Gasteiger partial charge on any atom is -0.383 e. The molecular formula is C30H34N4O3. The van der Waals surface area contributed by atoms with Gasteiger partial charge in [0.1, 0.15) is 5.69 Å². The van der Waals surface area contributed by atoms with Gasteiger partial charge in [0.2, 0.25) is 5.91 Å². The highest BCUT2D eigenvalue weighted by Gasteiger charge is 2.48. The summed E-state index contributed by atoms with van der Waals surface area (Å²) in [6.45, 7) is 1.34. The average Bonchev–Trinajstić information content (AvgIpc) is 3.39. The van der Waals surface area contributed by atoms with Crippen LogP contribution in [0.25, 0.3) is 10.9 Å². The van der Waals surface area contributed by atoms with E-state index >= 15 is 0 Å². The van der Waals surface area contributed by atoms with E-state index in [0.29, 0.717) is 18.2 Å². The first-order valence-electron chi connectivity index (χ1n) is 13.5. The van der Waals surface area contributed by atoms with Gasteiger partial charge in [0.15, 0.2) is 0 Å². The maximum atomic E-state index is 14.1. The summed E-state index contributed by atoms with van der Waals surface area (Å²) in [7, 11) is 1.73. The average molecular weight is 499 g/mol. The van der Waals surface area contributed by atoms with Crippen molar-refractivity contribution in [2.24, 2.45) is 11.8 Å². The summed E-state index contributed by atoms with van der Waals surface area (Å²) in [6, 6.07) is 19.8. The minimum absolute atomic E-state index is 0.0329. The molecule has 0 radical (unpaired) electrons. The van der Waals surface area contributed by atoms with Crippen molar-refractivity contribution in [3.05, 3.63) is 71.9 Å². The van der Waals surface area contributed by atoms with Crippen molar-refractivity contribution < 1.29 is 14.3 Å². The SMILES string of the molecule is COC[C@@H]1Nc2ccccc2[C@H]2[C@@H]1CCN2C(=O)[C@H]1CCCC[C@H]1NC(=O)c1ccc2ccccc2n1. The van der Waals surface area contributed by atoms with Gasteiger partial charge in [0, 0.05) is 36.7 Å². The second-order valence-electron chi connectivity index (χ2n) is 10.6. The van der Waals surface area contributed by atoms with E-state index in [2.05, 4.69) is 38.7 Å². The quantitative estimate of drug-likeness (QED) is 0.539. The monoisotopic (exact) mass is 498 g/mol. The van der Waals surface area contributed by atoms with Crippen LogP contribution in [0.2, 0.25) is 0 Å². The Kier molecular flexibility index (Phi) is 6.55. The Balaban J connectivity index is 1.23. The predicted octanol–water partition coefficient (Wildman–Crippen LogP) is 4.55. The van der Waals surface area contributed by atoms with Gasteiger partial charge >= 0.3 is 0 Å². The molecule has 5 atom stereocenters. The number of para-hydroxylation sites is 2. The number of pyridine rings is 1. The molecule has 3 heterocycles. The Morgan fingerprint density at radius 1 is 1.03 bits per heavy atom. The molecule has 0 unspecified atom stereocenters. The lowest BCUT2D eigenvalue weighted by atomic mass is 9.81. The van der Waals surface area contributed by atoms with Crippen LogP contribution in [0.5, 0.6) is 0 Å². The Hall–Kier alpha value is -3.45. The van der Waals surface area contributed by atoms with Crippen LogP contribution < -0.4 is 10.6 Å². The van der Waals surface area contributed by atoms with E-state index in [1.54, 1.807) is 13.2 Å². The van der Waals surface area contributed by atoms with Gasteiger partial charge in [-0.05, 0) is 43.0 Å². The number of nitrogens with zero attached hydrogens (tertiary/aromatic N) is 2. The molecule has 3 aliphatic rings. The van der Waals surface area contributed by atoms with Crippen molar-refractivity contribution in [1.29, 1.82) is 0 Å². The topological polar surface area (TPSA) is 83.6 Å². The summed E-state index contributed by atoms with van der Waals surface area (Å²) in [4.78, 5) is 34.0. The molecule has 0 bridgehead atoms. The summed E-state index contributed by atoms with van der Waals surface area (Å²) in [5, 5.41) is 7.84. The second kappa shape index (κ2) is 10.1. The first kappa shape index (κ1) is 23.9. The summed E-state index contributed by atoms with van der Waals surface area (Å²) < 4.78 is 5.53. The number of benzene rings is 2. The number of methoxy groups -OCH3 is 1. The standard InChI is InChI=1S/C30H34N4O3/c1-37-18-27-21-16-17-34(28(21)20-9-3-6-12-24(20)32-27)30(36)22-10-4-7-13-25(22)33-29(35)26-15-14-19-8-2-5-11-23(19)31-26/h2-3,5-6,8-9,11-12,14-15,21-22,25,27-28,32H,4,7,10,13,16-18H2,1H3,(H,33,35)/t21-,22+,25-,27+,28+/m1/s1. The smallest absolute Gasteiger partial charge is 0.270 e. The number of ether oxygens (including phenoxy) is 1. The lowest BCUT2D eigenvalue weighted by Gasteiger charge is -2.41. The molecule has 6 rings (SSSR count). The van der Waals surface area contributed by atoms with Crippen LogP contribution in [0.15, 0.2) is 60.7 Å². The molecule has 7 nitrogen and oxygen atoms in total. The van der Waals surface area contributed by atoms with Crippen LogP contribution in [0.4, 0.5) is 5.69 Å². The molecule has 2 aromatic carbocycles. The predicted molar refractivity (Wildman–Crippen MR) is 143 cm³/mol. The number of carbonyl (C=O) groups excluding carboxylic acids is 2. The highest BCUT2D eigenvalue weighted by atomic mass is 16.5. The molecule has 2 aliphatic heterocycles. The van der Waals surface area contributed by atoms with Gasteiger partial charge in [-0.3, -0.25) is 9.59 Å². The van der Waals surface area contributed by atoms with Gasteiger partial charge in [0.05, 0.1) is 30.1 Å². The number of hydrogen-bond donors (Lipinski definition) is 2. The molecule has 192 valence electrons. The lowest BCUT2D eigenvalue weighted by molar-refractivity contribution is -0.139. The number of anilines is 1. The largest absolute Gasteiger partial charge is 0.383 e. The van der Waals surface area contributed by atoms with Crippen LogP contribution >= 0.6 is 0 Å². The normalized spacial score (nSPS) is 26.7. The zero-order chi connectivity index (χ0) is 25.4. The number of aromatic nitrogens is 1. The van der Waals surface area contributed by atoms with Crippen molar-refractivity contribution >= 4 is 28.4 Å². The van der Waals surface area contributed by atoms with E-state index in [1.165, 1.54) is 5.56 Å². The summed E-state index contributed by atoms with van der Waals surface area (Å²) in [6.07, 6.45) is 4.56. The van der Waals surface area contributed by atoms with E-state index in [1.807, 2.05) is 36.4 Å². The Morgan fingerprint density at radius 3 is 2.73 bits per heavy atom. The number of nitrogens with one attached hydrogen (secondary N) is 2. The zero-order valence-electron chi connectivity index (χ0n) is 21.2. The summed E-state index contributed by atoms with van der Waals surface area (Å²) in [5.74, 6) is 0.0380. The third-order valence-corrected chi connectivity index (χ3v) is 8.44. The molecule has 1 aliphatic carbocycles. The molecule has 1 saturated heterocycles. The molecule has 7 heteroatoms. The molecule has 1 aromatic heterocycles. The number of likely N-dealkylation sites (tertiary alicyclic amines) is 1. The number of rotatable bonds is 5. The zero-order valence-corrected chi connectivity index (χ0v) is 21.2. The minimum atomic E-state index is -0.222. The molecular weight excluding hydrogens is 464 g/mol. The van der Waals surface area contributed by atoms with Gasteiger partial charge in [-0.25, -0.2) is 4.98 Å². The van der Waals surface area contributed by atoms with Gasteiger partial charge in [-0.1, -0.05) is 55.3 Å². The fourth-order valence-corrected chi connectivity index (χ4v) is 6.67. The third-order valence-electron chi connectivity index (χ3n) is 8.44. The Bertz CT molecular complexity index is 1310. The fourth-order valence-electron chi connectivity index (χ4n) is 6.67. The summed E-state index contributed by atoms with van der Waals surface area (Å²) >= 11 is 0. The van der Waals surface area contributed by atoms with E-state index in [9.17, 15) is 9.59 Å². The molecule has 37 heavy (non-hydrogen) atoms. The maximum Gasteiger partial charge on any atom is 0.270 e. The first-order valence-corrected chi connectivity index (χ1v) is 13.5. The molecule has 2 N–H and O–H groups in total. The number of carbonyl (C=O) groups is 2. The maximum absolute atomic E-state index is 14.1. The third kappa shape index (κ3) is 4.46. The van der Waals surface area contributed by atoms with Crippen molar-refractivity contribution in [2.75, 3.05) is 25.6 Å². The van der Waals surface area contributed by atoms with Crippen LogP contribution in [-0.4, -0.2) is 54.0 Å². The van der Waals surface area contributed by atoms with Gasteiger partial charge in [0.25, 0.3) is 5.91 Å². The molecule has 1 saturated carbocycles. The molecule has 0 spiro atoms. The van der Waals surface area contributed by atoms with E-state index in [-0.39, 0.29) is 35.9 Å². The molecule has 2 amide bonds. The van der Waals surface area contributed by atoms with Gasteiger partial charge in [-0.2, -0.15) is 0 Å². The van der Waals surface area contributed by atoms with Crippen LogP contribution in [0.1, 0.15) is 54.2 Å². The lowest BCUT2D eigenvalue weighted by Crippen LogP contribution is -2.50. The number of hydrogen-bond acceptors (Lipinski definition) is 5. The molecule has 3 aromatic rings. The summed E-state index contributed by atoms with van der Waals surface area (Å²) in [5.41, 5.74) is 3.46. The first-order chi connectivity index (χ1) is 18.1. The van der Waals surface area contributed by atoms with Crippen LogP contribution in [0, 0.1) is 11.8 Å². The van der Waals surface area contributed by atoms with Crippen molar-refractivity contribution in [2.45, 2.75) is 50.2 Å². The van der Waals surface area contributed by atoms with E-state index in [0.717, 1.165) is 55.2 Å². The highest BCUT2D eigenvalue weighted by Crippen LogP contribution is 2.47. The Labute approximate surface area is 217 Å². The van der Waals surface area contributed by atoms with Gasteiger partial charge < -0.3 is 20.3 Å². The van der Waals surface area contributed by atoms with Crippen molar-refractivity contribution in [1.82, 2.24) is 15.2 Å². The Morgan fingerprint density at radius 2 is 1.84 bits per heavy atom. The number of fused-ring (bicyclic) bond motifs is 4. The molecule has 2 fully saturated rings. The van der Waals surface area contributed by atoms with E-state index in [4.69, 9.17) is 4.74 Å². The van der Waals surface area contributed by atoms with Crippen molar-refractivity contribution in [3.8, 4) is 0 Å².